The van der Waals surface area contributed by atoms with E-state index in [2.05, 4.69) is 5.32 Å². The maximum absolute atomic E-state index is 11.1. The molecule has 0 heterocycles. The molecule has 134 valence electrons. The number of carbonyl (C=O) groups is 3. The molecule has 0 saturated carbocycles. The Bertz CT molecular complexity index is 391. The molecule has 0 aromatic rings. The summed E-state index contributed by atoms with van der Waals surface area (Å²) in [5.41, 5.74) is 0. The third-order valence-electron chi connectivity index (χ3n) is 3.12. The first kappa shape index (κ1) is 21.7. The van der Waals surface area contributed by atoms with E-state index in [0.29, 0.717) is 19.3 Å². The van der Waals surface area contributed by atoms with Crippen LogP contribution in [0.4, 0.5) is 0 Å². The Labute approximate surface area is 139 Å². The minimum atomic E-state index is -1.21. The van der Waals surface area contributed by atoms with Crippen molar-refractivity contribution in [3.8, 4) is 0 Å². The normalized spacial score (nSPS) is 14.7. The molecule has 0 aliphatic heterocycles. The van der Waals surface area contributed by atoms with Crippen LogP contribution in [0.15, 0.2) is 0 Å². The Morgan fingerprint density at radius 2 is 1.78 bits per heavy atom. The molecule has 0 bridgehead atoms. The fourth-order valence-electron chi connectivity index (χ4n) is 1.95. The molecular formula is C14H25NO7S. The summed E-state index contributed by atoms with van der Waals surface area (Å²) in [4.78, 5) is 32.9. The molecule has 9 heteroatoms. The van der Waals surface area contributed by atoms with E-state index in [4.69, 9.17) is 15.3 Å². The van der Waals surface area contributed by atoms with E-state index in [1.165, 1.54) is 6.92 Å². The maximum Gasteiger partial charge on any atom is 0.327 e. The highest BCUT2D eigenvalue weighted by Crippen LogP contribution is 2.23. The average molecular weight is 351 g/mol. The van der Waals surface area contributed by atoms with Gasteiger partial charge in [0.25, 0.3) is 0 Å². The highest BCUT2D eigenvalue weighted by molar-refractivity contribution is 8.00. The van der Waals surface area contributed by atoms with Crippen LogP contribution in [-0.2, 0) is 14.4 Å². The van der Waals surface area contributed by atoms with Gasteiger partial charge in [-0.1, -0.05) is 12.8 Å². The Kier molecular flexibility index (Phi) is 11.4. The Hall–Kier alpha value is -1.32. The number of amides is 1. The summed E-state index contributed by atoms with van der Waals surface area (Å²) in [6, 6.07) is -1.13. The second-order valence-corrected chi connectivity index (χ2v) is 6.47. The van der Waals surface area contributed by atoms with Gasteiger partial charge in [-0.2, -0.15) is 11.8 Å². The van der Waals surface area contributed by atoms with Crippen molar-refractivity contribution >= 4 is 29.6 Å². The van der Waals surface area contributed by atoms with E-state index in [9.17, 15) is 19.5 Å². The summed E-state index contributed by atoms with van der Waals surface area (Å²) < 4.78 is 0. The number of thioether (sulfide) groups is 1. The van der Waals surface area contributed by atoms with Gasteiger partial charge < -0.3 is 25.7 Å². The minimum absolute atomic E-state index is 0.0272. The lowest BCUT2D eigenvalue weighted by molar-refractivity contribution is -0.140. The van der Waals surface area contributed by atoms with Gasteiger partial charge in [-0.25, -0.2) is 4.79 Å². The first-order valence-electron chi connectivity index (χ1n) is 7.40. The van der Waals surface area contributed by atoms with Crippen molar-refractivity contribution in [2.24, 2.45) is 0 Å². The van der Waals surface area contributed by atoms with E-state index >= 15 is 0 Å². The van der Waals surface area contributed by atoms with Gasteiger partial charge in [-0.05, 0) is 12.8 Å². The van der Waals surface area contributed by atoms with E-state index in [1.807, 2.05) is 0 Å². The first-order chi connectivity index (χ1) is 10.8. The average Bonchev–Trinajstić information content (AvgIpc) is 2.45. The van der Waals surface area contributed by atoms with Crippen molar-refractivity contribution in [2.75, 3.05) is 12.4 Å². The van der Waals surface area contributed by atoms with Crippen molar-refractivity contribution < 1.29 is 34.8 Å². The van der Waals surface area contributed by atoms with Crippen LogP contribution in [0, 0.1) is 0 Å². The lowest BCUT2D eigenvalue weighted by Crippen LogP contribution is -2.42. The SMILES string of the molecule is CC(=O)N[C@@H](CS[C@H](CC(=O)O)[C@H](O)CCCCCO)C(=O)O. The monoisotopic (exact) mass is 351 g/mol. The summed E-state index contributed by atoms with van der Waals surface area (Å²) in [6.07, 6.45) is 1.18. The molecule has 0 aromatic carbocycles. The molecule has 3 atom stereocenters. The number of hydrogen-bond acceptors (Lipinski definition) is 6. The predicted octanol–water partition coefficient (Wildman–Crippen LogP) is 0.0658. The Morgan fingerprint density at radius 1 is 1.13 bits per heavy atom. The molecule has 1 amide bonds. The molecule has 23 heavy (non-hydrogen) atoms. The zero-order valence-electron chi connectivity index (χ0n) is 13.1. The molecule has 0 unspecified atom stereocenters. The number of unbranched alkanes of at least 4 members (excludes halogenated alkanes) is 2. The van der Waals surface area contributed by atoms with E-state index in [1.54, 1.807) is 0 Å². The van der Waals surface area contributed by atoms with Crippen molar-refractivity contribution in [3.05, 3.63) is 0 Å². The molecule has 5 N–H and O–H groups in total. The Morgan fingerprint density at radius 3 is 2.26 bits per heavy atom. The number of rotatable bonds is 13. The van der Waals surface area contributed by atoms with Gasteiger partial charge in [0.1, 0.15) is 6.04 Å². The summed E-state index contributed by atoms with van der Waals surface area (Å²) in [7, 11) is 0. The van der Waals surface area contributed by atoms with Crippen molar-refractivity contribution in [3.63, 3.8) is 0 Å². The molecule has 0 saturated heterocycles. The fourth-order valence-corrected chi connectivity index (χ4v) is 3.23. The largest absolute Gasteiger partial charge is 0.481 e. The molecule has 8 nitrogen and oxygen atoms in total. The van der Waals surface area contributed by atoms with Crippen LogP contribution in [0.3, 0.4) is 0 Å². The number of hydrogen-bond donors (Lipinski definition) is 5. The minimum Gasteiger partial charge on any atom is -0.481 e. The molecule has 0 aliphatic carbocycles. The fraction of sp³-hybridized carbons (Fsp3) is 0.786. The highest BCUT2D eigenvalue weighted by Gasteiger charge is 2.26. The zero-order chi connectivity index (χ0) is 17.8. The van der Waals surface area contributed by atoms with Crippen LogP contribution in [-0.4, -0.2) is 68.0 Å². The second-order valence-electron chi connectivity index (χ2n) is 5.20. The van der Waals surface area contributed by atoms with Gasteiger partial charge >= 0.3 is 11.9 Å². The standard InChI is InChI=1S/C14H25NO7S/c1-9(17)15-10(14(21)22)8-23-12(7-13(19)20)11(18)5-3-2-4-6-16/h10-12,16,18H,2-8H2,1H3,(H,15,17)(H,19,20)(H,21,22)/t10-,11+,12+/m0/s1. The van der Waals surface area contributed by atoms with E-state index in [0.717, 1.165) is 18.2 Å². The van der Waals surface area contributed by atoms with Gasteiger partial charge in [0.2, 0.25) is 5.91 Å². The lowest BCUT2D eigenvalue weighted by atomic mass is 10.1. The van der Waals surface area contributed by atoms with E-state index in [-0.39, 0.29) is 18.8 Å². The van der Waals surface area contributed by atoms with Gasteiger partial charge in [-0.3, -0.25) is 9.59 Å². The molecule has 0 aromatic heterocycles. The van der Waals surface area contributed by atoms with Crippen LogP contribution in [0.5, 0.6) is 0 Å². The smallest absolute Gasteiger partial charge is 0.327 e. The van der Waals surface area contributed by atoms with Crippen LogP contribution in [0.25, 0.3) is 0 Å². The molecule has 0 radical (unpaired) electrons. The number of aliphatic hydroxyl groups excluding tert-OH is 2. The van der Waals surface area contributed by atoms with Gasteiger partial charge in [0.15, 0.2) is 0 Å². The van der Waals surface area contributed by atoms with Crippen LogP contribution < -0.4 is 5.32 Å². The number of aliphatic carboxylic acids is 2. The third-order valence-corrected chi connectivity index (χ3v) is 4.55. The number of nitrogens with one attached hydrogen (secondary N) is 1. The van der Waals surface area contributed by atoms with Crippen LogP contribution in [0.1, 0.15) is 39.0 Å². The highest BCUT2D eigenvalue weighted by atomic mass is 32.2. The van der Waals surface area contributed by atoms with Crippen LogP contribution in [0.2, 0.25) is 0 Å². The summed E-state index contributed by atoms with van der Waals surface area (Å²) in [5.74, 6) is -2.81. The second kappa shape index (κ2) is 12.1. The molecular weight excluding hydrogens is 326 g/mol. The summed E-state index contributed by atoms with van der Waals surface area (Å²) in [5, 5.41) is 38.4. The number of carbonyl (C=O) groups excluding carboxylic acids is 1. The number of carboxylic acids is 2. The topological polar surface area (TPSA) is 144 Å². The van der Waals surface area contributed by atoms with Gasteiger partial charge in [0, 0.05) is 24.5 Å². The van der Waals surface area contributed by atoms with E-state index < -0.39 is 35.2 Å². The van der Waals surface area contributed by atoms with Crippen molar-refractivity contribution in [1.82, 2.24) is 5.32 Å². The number of carboxylic acid groups (broad SMARTS) is 2. The summed E-state index contributed by atoms with van der Waals surface area (Å²) in [6.45, 7) is 1.27. The van der Waals surface area contributed by atoms with Gasteiger partial charge in [-0.15, -0.1) is 0 Å². The quantitative estimate of drug-likeness (QED) is 0.293. The molecule has 0 rings (SSSR count). The van der Waals surface area contributed by atoms with Crippen LogP contribution >= 0.6 is 11.8 Å². The van der Waals surface area contributed by atoms with Crippen molar-refractivity contribution in [1.29, 1.82) is 0 Å². The summed E-state index contributed by atoms with van der Waals surface area (Å²) >= 11 is 1.02. The number of aliphatic hydroxyl groups is 2. The van der Waals surface area contributed by atoms with Crippen molar-refractivity contribution in [2.45, 2.75) is 56.4 Å². The first-order valence-corrected chi connectivity index (χ1v) is 8.45. The molecule has 0 fully saturated rings. The van der Waals surface area contributed by atoms with Gasteiger partial charge in [0.05, 0.1) is 12.5 Å². The third kappa shape index (κ3) is 10.9. The zero-order valence-corrected chi connectivity index (χ0v) is 13.9. The Balaban J connectivity index is 4.54. The molecule has 0 spiro atoms. The predicted molar refractivity (Wildman–Crippen MR) is 85.3 cm³/mol. The maximum atomic E-state index is 11.1. The molecule has 0 aliphatic rings. The lowest BCUT2D eigenvalue weighted by Gasteiger charge is -2.23.